The molecular weight excluding hydrogens is 336 g/mol. The van der Waals surface area contributed by atoms with Crippen LogP contribution in [0, 0.1) is 16.0 Å². The Balaban J connectivity index is 3.19. The summed E-state index contributed by atoms with van der Waals surface area (Å²) in [6.45, 7) is 3.33. The average molecular weight is 351 g/mol. The molecule has 2 atom stereocenters. The number of sulfonamides is 1. The molecule has 0 unspecified atom stereocenters. The van der Waals surface area contributed by atoms with Crippen molar-refractivity contribution in [3.63, 3.8) is 0 Å². The van der Waals surface area contributed by atoms with Gasteiger partial charge in [-0.15, -0.1) is 0 Å². The van der Waals surface area contributed by atoms with Crippen LogP contribution in [-0.4, -0.2) is 30.5 Å². The molecule has 1 aromatic carbocycles. The lowest BCUT2D eigenvalue weighted by Crippen LogP contribution is -2.44. The topological polar surface area (TPSA) is 127 Å². The molecule has 0 aromatic heterocycles. The number of carbonyl (C=O) groups is 1. The molecule has 0 heterocycles. The minimum Gasteiger partial charge on any atom is -0.480 e. The van der Waals surface area contributed by atoms with Crippen LogP contribution in [0.5, 0.6) is 0 Å². The lowest BCUT2D eigenvalue weighted by atomic mass is 10.0. The van der Waals surface area contributed by atoms with Crippen LogP contribution in [0.1, 0.15) is 20.3 Å². The van der Waals surface area contributed by atoms with Gasteiger partial charge in [0.1, 0.15) is 10.9 Å². The third-order valence-corrected chi connectivity index (χ3v) is 5.10. The maximum atomic E-state index is 12.2. The summed E-state index contributed by atoms with van der Waals surface area (Å²) in [6.07, 6.45) is 0.452. The van der Waals surface area contributed by atoms with Crippen molar-refractivity contribution in [3.05, 3.63) is 33.3 Å². The number of carboxylic acid groups (broad SMARTS) is 1. The summed E-state index contributed by atoms with van der Waals surface area (Å²) in [5.41, 5.74) is -0.360. The first-order valence-corrected chi connectivity index (χ1v) is 8.15. The van der Waals surface area contributed by atoms with Gasteiger partial charge in [0, 0.05) is 12.1 Å². The highest BCUT2D eigenvalue weighted by Gasteiger charge is 2.30. The van der Waals surface area contributed by atoms with E-state index in [4.69, 9.17) is 16.7 Å². The van der Waals surface area contributed by atoms with Crippen LogP contribution < -0.4 is 4.72 Å². The molecule has 0 fully saturated rings. The van der Waals surface area contributed by atoms with Crippen molar-refractivity contribution in [1.82, 2.24) is 4.72 Å². The van der Waals surface area contributed by atoms with Crippen LogP contribution in [-0.2, 0) is 14.8 Å². The molecule has 0 amide bonds. The Labute approximate surface area is 132 Å². The van der Waals surface area contributed by atoms with Crippen LogP contribution in [0.4, 0.5) is 5.69 Å². The van der Waals surface area contributed by atoms with Gasteiger partial charge in [-0.1, -0.05) is 31.9 Å². The van der Waals surface area contributed by atoms with E-state index in [1.54, 1.807) is 13.8 Å². The normalized spacial score (nSPS) is 14.3. The van der Waals surface area contributed by atoms with Gasteiger partial charge in [0.2, 0.25) is 10.0 Å². The van der Waals surface area contributed by atoms with Crippen LogP contribution in [0.15, 0.2) is 23.1 Å². The van der Waals surface area contributed by atoms with E-state index in [9.17, 15) is 23.3 Å². The fraction of sp³-hybridized carbons (Fsp3) is 0.417. The molecule has 0 saturated heterocycles. The summed E-state index contributed by atoms with van der Waals surface area (Å²) in [4.78, 5) is 20.7. The van der Waals surface area contributed by atoms with Crippen molar-refractivity contribution in [1.29, 1.82) is 0 Å². The second kappa shape index (κ2) is 7.03. The van der Waals surface area contributed by atoms with Crippen molar-refractivity contribution in [2.45, 2.75) is 31.2 Å². The molecule has 0 radical (unpaired) electrons. The maximum Gasteiger partial charge on any atom is 0.322 e. The van der Waals surface area contributed by atoms with Gasteiger partial charge < -0.3 is 5.11 Å². The number of nitro groups is 1. The number of halogens is 1. The SMILES string of the molecule is CC[C@H](C)[C@H](NS(=O)(=O)c1ccc([N+](=O)[O-])cc1Cl)C(=O)O. The summed E-state index contributed by atoms with van der Waals surface area (Å²) in [5, 5.41) is 19.4. The minimum atomic E-state index is -4.22. The van der Waals surface area contributed by atoms with Gasteiger partial charge in [-0.05, 0) is 12.0 Å². The summed E-state index contributed by atoms with van der Waals surface area (Å²) < 4.78 is 26.5. The number of hydrogen-bond acceptors (Lipinski definition) is 5. The number of nitrogens with one attached hydrogen (secondary N) is 1. The van der Waals surface area contributed by atoms with Crippen molar-refractivity contribution < 1.29 is 23.2 Å². The summed E-state index contributed by atoms with van der Waals surface area (Å²) >= 11 is 5.76. The van der Waals surface area contributed by atoms with Crippen molar-refractivity contribution in [2.24, 2.45) is 5.92 Å². The largest absolute Gasteiger partial charge is 0.480 e. The quantitative estimate of drug-likeness (QED) is 0.572. The van der Waals surface area contributed by atoms with E-state index < -0.39 is 37.8 Å². The van der Waals surface area contributed by atoms with E-state index in [1.807, 2.05) is 0 Å². The summed E-state index contributed by atoms with van der Waals surface area (Å²) in [7, 11) is -4.22. The van der Waals surface area contributed by atoms with Gasteiger partial charge >= 0.3 is 5.97 Å². The number of nitro benzene ring substituents is 1. The molecule has 8 nitrogen and oxygen atoms in total. The number of nitrogens with zero attached hydrogens (tertiary/aromatic N) is 1. The van der Waals surface area contributed by atoms with E-state index in [0.717, 1.165) is 18.2 Å². The van der Waals surface area contributed by atoms with Gasteiger partial charge in [0.05, 0.1) is 9.95 Å². The Morgan fingerprint density at radius 3 is 2.50 bits per heavy atom. The molecule has 0 bridgehead atoms. The zero-order valence-electron chi connectivity index (χ0n) is 11.8. The zero-order chi connectivity index (χ0) is 17.1. The van der Waals surface area contributed by atoms with Crippen LogP contribution in [0.25, 0.3) is 0 Å². The van der Waals surface area contributed by atoms with Gasteiger partial charge in [-0.3, -0.25) is 14.9 Å². The first-order valence-electron chi connectivity index (χ1n) is 6.29. The summed E-state index contributed by atoms with van der Waals surface area (Å²) in [5.74, 6) is -1.75. The van der Waals surface area contributed by atoms with Gasteiger partial charge in [-0.25, -0.2) is 8.42 Å². The fourth-order valence-electron chi connectivity index (χ4n) is 1.70. The predicted octanol–water partition coefficient (Wildman–Crippen LogP) is 2.03. The van der Waals surface area contributed by atoms with Crippen molar-refractivity contribution in [2.75, 3.05) is 0 Å². The van der Waals surface area contributed by atoms with Crippen molar-refractivity contribution >= 4 is 33.3 Å². The van der Waals surface area contributed by atoms with Gasteiger partial charge in [0.15, 0.2) is 0 Å². The van der Waals surface area contributed by atoms with E-state index in [0.29, 0.717) is 6.42 Å². The Bertz CT molecular complexity index is 691. The average Bonchev–Trinajstić information content (AvgIpc) is 2.43. The molecule has 0 aliphatic heterocycles. The first-order chi connectivity index (χ1) is 10.1. The Morgan fingerprint density at radius 2 is 2.09 bits per heavy atom. The van der Waals surface area contributed by atoms with Crippen LogP contribution >= 0.6 is 11.6 Å². The Hall–Kier alpha value is -1.71. The Kier molecular flexibility index (Phi) is 5.86. The molecule has 22 heavy (non-hydrogen) atoms. The third-order valence-electron chi connectivity index (χ3n) is 3.18. The third kappa shape index (κ3) is 4.15. The number of aliphatic carboxylic acids is 1. The predicted molar refractivity (Wildman–Crippen MR) is 79.3 cm³/mol. The van der Waals surface area contributed by atoms with Crippen LogP contribution in [0.3, 0.4) is 0 Å². The van der Waals surface area contributed by atoms with E-state index in [-0.39, 0.29) is 10.7 Å². The number of carboxylic acids is 1. The molecular formula is C12H15ClN2O6S. The van der Waals surface area contributed by atoms with Crippen molar-refractivity contribution in [3.8, 4) is 0 Å². The Morgan fingerprint density at radius 1 is 1.50 bits per heavy atom. The standard InChI is InChI=1S/C12H15ClN2O6S/c1-3-7(2)11(12(16)17)14-22(20,21)10-5-4-8(15(18)19)6-9(10)13/h4-7,11,14H,3H2,1-2H3,(H,16,17)/t7-,11-/m0/s1. The molecule has 0 saturated carbocycles. The molecule has 0 aliphatic rings. The lowest BCUT2D eigenvalue weighted by Gasteiger charge is -2.20. The second-order valence-corrected chi connectivity index (χ2v) is 6.78. The molecule has 10 heteroatoms. The molecule has 0 spiro atoms. The molecule has 122 valence electrons. The smallest absolute Gasteiger partial charge is 0.322 e. The van der Waals surface area contributed by atoms with Gasteiger partial charge in [-0.2, -0.15) is 4.72 Å². The number of non-ortho nitro benzene ring substituents is 1. The number of rotatable bonds is 7. The molecule has 0 aliphatic carbocycles. The lowest BCUT2D eigenvalue weighted by molar-refractivity contribution is -0.384. The highest BCUT2D eigenvalue weighted by atomic mass is 35.5. The highest BCUT2D eigenvalue weighted by molar-refractivity contribution is 7.89. The number of hydrogen-bond donors (Lipinski definition) is 2. The molecule has 1 rings (SSSR count). The second-order valence-electron chi connectivity index (χ2n) is 4.69. The van der Waals surface area contributed by atoms with E-state index >= 15 is 0 Å². The fourth-order valence-corrected chi connectivity index (χ4v) is 3.53. The minimum absolute atomic E-state index is 0.352. The number of benzene rings is 1. The van der Waals surface area contributed by atoms with E-state index in [2.05, 4.69) is 4.72 Å². The molecule has 2 N–H and O–H groups in total. The molecule has 1 aromatic rings. The van der Waals surface area contributed by atoms with Crippen LogP contribution in [0.2, 0.25) is 5.02 Å². The maximum absolute atomic E-state index is 12.2. The van der Waals surface area contributed by atoms with Gasteiger partial charge in [0.25, 0.3) is 5.69 Å². The van der Waals surface area contributed by atoms with E-state index in [1.165, 1.54) is 0 Å². The first kappa shape index (κ1) is 18.3. The highest BCUT2D eigenvalue weighted by Crippen LogP contribution is 2.26. The zero-order valence-corrected chi connectivity index (χ0v) is 13.4. The summed E-state index contributed by atoms with van der Waals surface area (Å²) in [6, 6.07) is 1.54. The monoisotopic (exact) mass is 350 g/mol.